The molecule has 0 aromatic heterocycles. The van der Waals surface area contributed by atoms with Crippen molar-refractivity contribution in [3.63, 3.8) is 0 Å². The van der Waals surface area contributed by atoms with E-state index < -0.39 is 5.41 Å². The molecule has 0 N–H and O–H groups in total. The molecule has 1 fully saturated rings. The van der Waals surface area contributed by atoms with Crippen molar-refractivity contribution in [2.45, 2.75) is 31.1 Å². The molecule has 72 valence electrons. The van der Waals surface area contributed by atoms with E-state index in [0.29, 0.717) is 18.4 Å². The van der Waals surface area contributed by atoms with Gasteiger partial charge in [0.1, 0.15) is 11.6 Å². The van der Waals surface area contributed by atoms with Crippen LogP contribution >= 0.6 is 0 Å². The normalized spacial score (nSPS) is 22.2. The Morgan fingerprint density at radius 3 is 2.71 bits per heavy atom. The molecule has 1 aromatic carbocycles. The van der Waals surface area contributed by atoms with Crippen molar-refractivity contribution >= 4 is 5.78 Å². The maximum Gasteiger partial charge on any atom is 0.143 e. The summed E-state index contributed by atoms with van der Waals surface area (Å²) in [5.74, 6) is 0.0585. The molecule has 1 spiro atoms. The largest absolute Gasteiger partial charge is 0.299 e. The molecule has 0 bridgehead atoms. The van der Waals surface area contributed by atoms with Gasteiger partial charge >= 0.3 is 0 Å². The predicted octanol–water partition coefficient (Wildman–Crippen LogP) is 2.37. The van der Waals surface area contributed by atoms with Gasteiger partial charge in [-0.05, 0) is 30.9 Å². The summed E-state index contributed by atoms with van der Waals surface area (Å²) in [6.45, 7) is 0. The number of carbonyl (C=O) groups excluding carboxylic acids is 1. The van der Waals surface area contributed by atoms with E-state index in [-0.39, 0.29) is 11.6 Å². The fourth-order valence-electron chi connectivity index (χ4n) is 2.59. The topological polar surface area (TPSA) is 17.1 Å². The summed E-state index contributed by atoms with van der Waals surface area (Å²) >= 11 is 0. The fraction of sp³-hybridized carbons (Fsp3) is 0.417. The minimum absolute atomic E-state index is 0.187. The Morgan fingerprint density at radius 2 is 2.00 bits per heavy atom. The van der Waals surface area contributed by atoms with Crippen molar-refractivity contribution < 1.29 is 9.18 Å². The van der Waals surface area contributed by atoms with Gasteiger partial charge in [0, 0.05) is 12.0 Å². The summed E-state index contributed by atoms with van der Waals surface area (Å²) in [4.78, 5) is 11.7. The van der Waals surface area contributed by atoms with Crippen LogP contribution < -0.4 is 0 Å². The number of rotatable bonds is 0. The van der Waals surface area contributed by atoms with Crippen LogP contribution in [0.2, 0.25) is 0 Å². The Labute approximate surface area is 81.9 Å². The van der Waals surface area contributed by atoms with Gasteiger partial charge in [-0.25, -0.2) is 4.39 Å². The lowest BCUT2D eigenvalue weighted by atomic mass is 9.79. The first-order valence-electron chi connectivity index (χ1n) is 5.05. The second-order valence-corrected chi connectivity index (χ2v) is 4.28. The molecule has 0 radical (unpaired) electrons. The van der Waals surface area contributed by atoms with E-state index in [2.05, 4.69) is 0 Å². The second kappa shape index (κ2) is 2.44. The van der Waals surface area contributed by atoms with Crippen LogP contribution in [0.3, 0.4) is 0 Å². The Morgan fingerprint density at radius 1 is 1.21 bits per heavy atom. The molecular weight excluding hydrogens is 179 g/mol. The van der Waals surface area contributed by atoms with E-state index in [1.807, 2.05) is 6.07 Å². The third kappa shape index (κ3) is 0.861. The van der Waals surface area contributed by atoms with E-state index in [0.717, 1.165) is 18.4 Å². The number of Topliss-reactive ketones (excluding diaryl/α,β-unsaturated/α-hetero) is 1. The van der Waals surface area contributed by atoms with Gasteiger partial charge < -0.3 is 0 Å². The van der Waals surface area contributed by atoms with E-state index in [1.165, 1.54) is 6.07 Å². The summed E-state index contributed by atoms with van der Waals surface area (Å²) < 4.78 is 13.6. The Kier molecular flexibility index (Phi) is 1.42. The molecule has 3 rings (SSSR count). The lowest BCUT2D eigenvalue weighted by Crippen LogP contribution is -2.28. The van der Waals surface area contributed by atoms with Gasteiger partial charge in [0.05, 0.1) is 5.41 Å². The standard InChI is InChI=1S/C12H11FO/c13-9-3-1-2-8-4-5-10(14)12(6-7-12)11(8)9/h1-3H,4-7H2. The van der Waals surface area contributed by atoms with Gasteiger partial charge in [0.2, 0.25) is 0 Å². The highest BCUT2D eigenvalue weighted by atomic mass is 19.1. The zero-order valence-corrected chi connectivity index (χ0v) is 7.85. The molecule has 0 heterocycles. The molecule has 2 heteroatoms. The van der Waals surface area contributed by atoms with Gasteiger partial charge in [-0.3, -0.25) is 4.79 Å². The van der Waals surface area contributed by atoms with Crippen molar-refractivity contribution in [2.75, 3.05) is 0 Å². The predicted molar refractivity (Wildman–Crippen MR) is 50.6 cm³/mol. The Hall–Kier alpha value is -1.18. The zero-order chi connectivity index (χ0) is 9.76. The van der Waals surface area contributed by atoms with Crippen LogP contribution in [0.4, 0.5) is 4.39 Å². The monoisotopic (exact) mass is 190 g/mol. The molecule has 0 atom stereocenters. The highest BCUT2D eigenvalue weighted by molar-refractivity contribution is 5.95. The highest BCUT2D eigenvalue weighted by Gasteiger charge is 2.54. The van der Waals surface area contributed by atoms with Crippen LogP contribution in [0, 0.1) is 5.82 Å². The molecule has 0 unspecified atom stereocenters. The highest BCUT2D eigenvalue weighted by Crippen LogP contribution is 2.53. The minimum Gasteiger partial charge on any atom is -0.299 e. The number of hydrogen-bond acceptors (Lipinski definition) is 1. The Bertz CT molecular complexity index is 418. The number of benzene rings is 1. The molecule has 2 aliphatic rings. The average molecular weight is 190 g/mol. The van der Waals surface area contributed by atoms with Gasteiger partial charge in [-0.1, -0.05) is 12.1 Å². The van der Waals surface area contributed by atoms with E-state index >= 15 is 0 Å². The van der Waals surface area contributed by atoms with E-state index in [4.69, 9.17) is 0 Å². The van der Waals surface area contributed by atoms with Crippen LogP contribution in [0.5, 0.6) is 0 Å². The number of hydrogen-bond donors (Lipinski definition) is 0. The third-order valence-electron chi connectivity index (χ3n) is 3.48. The molecule has 14 heavy (non-hydrogen) atoms. The van der Waals surface area contributed by atoms with Gasteiger partial charge in [0.15, 0.2) is 0 Å². The molecule has 1 nitrogen and oxygen atoms in total. The maximum atomic E-state index is 13.6. The summed E-state index contributed by atoms with van der Waals surface area (Å²) in [7, 11) is 0. The lowest BCUT2D eigenvalue weighted by molar-refractivity contribution is -0.122. The van der Waals surface area contributed by atoms with Crippen molar-refractivity contribution in [3.8, 4) is 0 Å². The van der Waals surface area contributed by atoms with Crippen LogP contribution in [0.25, 0.3) is 0 Å². The number of halogens is 1. The first-order chi connectivity index (χ1) is 6.74. The first-order valence-corrected chi connectivity index (χ1v) is 5.05. The van der Waals surface area contributed by atoms with Crippen molar-refractivity contribution in [2.24, 2.45) is 0 Å². The third-order valence-corrected chi connectivity index (χ3v) is 3.48. The average Bonchev–Trinajstić information content (AvgIpc) is 2.94. The van der Waals surface area contributed by atoms with Gasteiger partial charge in [-0.15, -0.1) is 0 Å². The molecule has 1 aromatic rings. The number of ketones is 1. The summed E-state index contributed by atoms with van der Waals surface area (Å²) in [5, 5.41) is 0. The molecule has 0 amide bonds. The summed E-state index contributed by atoms with van der Waals surface area (Å²) in [6, 6.07) is 5.16. The number of carbonyl (C=O) groups is 1. The minimum atomic E-state index is -0.404. The van der Waals surface area contributed by atoms with Crippen molar-refractivity contribution in [3.05, 3.63) is 35.1 Å². The van der Waals surface area contributed by atoms with Crippen LogP contribution in [0.15, 0.2) is 18.2 Å². The lowest BCUT2D eigenvalue weighted by Gasteiger charge is -2.24. The number of aryl methyl sites for hydroxylation is 1. The molecule has 0 aliphatic heterocycles. The molecule has 1 saturated carbocycles. The first kappa shape index (κ1) is 8.16. The van der Waals surface area contributed by atoms with Crippen LogP contribution in [-0.4, -0.2) is 5.78 Å². The summed E-state index contributed by atoms with van der Waals surface area (Å²) in [5.41, 5.74) is 1.34. The van der Waals surface area contributed by atoms with Crippen molar-refractivity contribution in [1.29, 1.82) is 0 Å². The van der Waals surface area contributed by atoms with E-state index in [1.54, 1.807) is 6.07 Å². The number of fused-ring (bicyclic) bond motifs is 2. The summed E-state index contributed by atoms with van der Waals surface area (Å²) in [6.07, 6.45) is 3.00. The molecule has 0 saturated heterocycles. The quantitative estimate of drug-likeness (QED) is 0.613. The molecule has 2 aliphatic carbocycles. The van der Waals surface area contributed by atoms with Gasteiger partial charge in [-0.2, -0.15) is 0 Å². The SMILES string of the molecule is O=C1CCc2cccc(F)c2C12CC2. The Balaban J connectivity index is 2.25. The second-order valence-electron chi connectivity index (χ2n) is 4.28. The van der Waals surface area contributed by atoms with Crippen molar-refractivity contribution in [1.82, 2.24) is 0 Å². The van der Waals surface area contributed by atoms with E-state index in [9.17, 15) is 9.18 Å². The molecular formula is C12H11FO. The fourth-order valence-corrected chi connectivity index (χ4v) is 2.59. The smallest absolute Gasteiger partial charge is 0.143 e. The maximum absolute atomic E-state index is 13.6. The van der Waals surface area contributed by atoms with Crippen LogP contribution in [-0.2, 0) is 16.6 Å². The van der Waals surface area contributed by atoms with Gasteiger partial charge in [0.25, 0.3) is 0 Å². The van der Waals surface area contributed by atoms with Crippen LogP contribution in [0.1, 0.15) is 30.4 Å². The zero-order valence-electron chi connectivity index (χ0n) is 7.85.